The number of thiazole rings is 1. The summed E-state index contributed by atoms with van der Waals surface area (Å²) in [5.41, 5.74) is 4.36. The molecule has 1 fully saturated rings. The lowest BCUT2D eigenvalue weighted by Crippen LogP contribution is -2.48. The molecule has 1 aliphatic carbocycles. The number of hydrogen-bond acceptors (Lipinski definition) is 6. The standard InChI is InChI=1S/C19H25N5O2S/c25-18-10-14-4-3-6-16(14)22-24(18)9-8-23-7-2-1-5-15(23)11-20-19(26)17-12-27-13-21-17/h10,12-13,15H,1-9,11H2,(H,20,26). The third kappa shape index (κ3) is 4.27. The minimum absolute atomic E-state index is 0.000967. The van der Waals surface area contributed by atoms with Crippen molar-refractivity contribution in [3.63, 3.8) is 0 Å². The van der Waals surface area contributed by atoms with Crippen LogP contribution in [-0.2, 0) is 19.4 Å². The Morgan fingerprint density at radius 3 is 3.04 bits per heavy atom. The van der Waals surface area contributed by atoms with E-state index in [9.17, 15) is 9.59 Å². The first-order chi connectivity index (χ1) is 13.2. The van der Waals surface area contributed by atoms with E-state index in [0.717, 1.165) is 56.5 Å². The highest BCUT2D eigenvalue weighted by atomic mass is 32.1. The van der Waals surface area contributed by atoms with Crippen LogP contribution in [0.5, 0.6) is 0 Å². The largest absolute Gasteiger partial charge is 0.349 e. The molecule has 1 saturated heterocycles. The summed E-state index contributed by atoms with van der Waals surface area (Å²) in [7, 11) is 0. The van der Waals surface area contributed by atoms with Gasteiger partial charge in [0, 0.05) is 30.6 Å². The number of aromatic nitrogens is 3. The molecule has 2 aromatic heterocycles. The van der Waals surface area contributed by atoms with Crippen molar-refractivity contribution in [1.82, 2.24) is 25.0 Å². The molecule has 2 aromatic rings. The molecular formula is C19H25N5O2S. The SMILES string of the molecule is O=C(NCC1CCCCN1CCn1nc2c(cc1=O)CCC2)c1cscn1. The quantitative estimate of drug-likeness (QED) is 0.812. The van der Waals surface area contributed by atoms with E-state index in [1.807, 2.05) is 0 Å². The zero-order valence-corrected chi connectivity index (χ0v) is 16.2. The van der Waals surface area contributed by atoms with E-state index in [2.05, 4.69) is 20.3 Å². The van der Waals surface area contributed by atoms with Gasteiger partial charge in [-0.3, -0.25) is 14.5 Å². The molecule has 144 valence electrons. The second-order valence-corrected chi connectivity index (χ2v) is 8.02. The molecule has 8 heteroatoms. The summed E-state index contributed by atoms with van der Waals surface area (Å²) in [4.78, 5) is 30.9. The van der Waals surface area contributed by atoms with Gasteiger partial charge in [-0.05, 0) is 44.2 Å². The number of nitrogens with one attached hydrogen (secondary N) is 1. The summed E-state index contributed by atoms with van der Waals surface area (Å²) in [5, 5.41) is 9.34. The molecule has 0 spiro atoms. The van der Waals surface area contributed by atoms with Crippen LogP contribution in [0.4, 0.5) is 0 Å². The fourth-order valence-electron chi connectivity index (χ4n) is 4.03. The highest BCUT2D eigenvalue weighted by molar-refractivity contribution is 7.07. The van der Waals surface area contributed by atoms with Gasteiger partial charge in [0.1, 0.15) is 5.69 Å². The van der Waals surface area contributed by atoms with Gasteiger partial charge in [-0.25, -0.2) is 9.67 Å². The normalized spacial score (nSPS) is 19.8. The van der Waals surface area contributed by atoms with Crippen molar-refractivity contribution in [2.24, 2.45) is 0 Å². The van der Waals surface area contributed by atoms with Gasteiger partial charge in [0.15, 0.2) is 0 Å². The lowest BCUT2D eigenvalue weighted by atomic mass is 10.0. The fourth-order valence-corrected chi connectivity index (χ4v) is 4.57. The van der Waals surface area contributed by atoms with Crippen LogP contribution in [0.25, 0.3) is 0 Å². The minimum Gasteiger partial charge on any atom is -0.349 e. The van der Waals surface area contributed by atoms with Crippen LogP contribution in [0.15, 0.2) is 21.8 Å². The number of likely N-dealkylation sites (tertiary alicyclic amines) is 1. The van der Waals surface area contributed by atoms with Crippen LogP contribution < -0.4 is 10.9 Å². The number of aryl methyl sites for hydroxylation is 2. The van der Waals surface area contributed by atoms with Crippen molar-refractivity contribution in [3.05, 3.63) is 44.3 Å². The molecule has 3 heterocycles. The average molecular weight is 388 g/mol. The Kier molecular flexibility index (Phi) is 5.63. The molecule has 2 aliphatic rings. The van der Waals surface area contributed by atoms with Gasteiger partial charge in [0.25, 0.3) is 11.5 Å². The summed E-state index contributed by atoms with van der Waals surface area (Å²) < 4.78 is 1.61. The summed E-state index contributed by atoms with van der Waals surface area (Å²) in [6.45, 7) is 2.99. The van der Waals surface area contributed by atoms with Gasteiger partial charge in [0.2, 0.25) is 0 Å². The second kappa shape index (κ2) is 8.31. The molecule has 0 radical (unpaired) electrons. The molecule has 1 N–H and O–H groups in total. The summed E-state index contributed by atoms with van der Waals surface area (Å²) in [6.07, 6.45) is 6.44. The van der Waals surface area contributed by atoms with Crippen LogP contribution in [0.3, 0.4) is 0 Å². The first kappa shape index (κ1) is 18.3. The number of piperidine rings is 1. The number of rotatable bonds is 6. The van der Waals surface area contributed by atoms with Gasteiger partial charge in [0.05, 0.1) is 17.7 Å². The first-order valence-electron chi connectivity index (χ1n) is 9.71. The minimum atomic E-state index is -0.113. The maximum absolute atomic E-state index is 12.3. The van der Waals surface area contributed by atoms with E-state index in [1.165, 1.54) is 17.8 Å². The third-order valence-electron chi connectivity index (χ3n) is 5.54. The second-order valence-electron chi connectivity index (χ2n) is 7.30. The topological polar surface area (TPSA) is 80.1 Å². The van der Waals surface area contributed by atoms with E-state index < -0.39 is 0 Å². The lowest BCUT2D eigenvalue weighted by Gasteiger charge is -2.35. The Morgan fingerprint density at radius 2 is 2.19 bits per heavy atom. The maximum atomic E-state index is 12.3. The number of carbonyl (C=O) groups excluding carboxylic acids is 1. The van der Waals surface area contributed by atoms with Gasteiger partial charge < -0.3 is 5.32 Å². The highest BCUT2D eigenvalue weighted by Gasteiger charge is 2.23. The molecule has 0 bridgehead atoms. The van der Waals surface area contributed by atoms with Crippen LogP contribution >= 0.6 is 11.3 Å². The van der Waals surface area contributed by atoms with E-state index >= 15 is 0 Å². The number of carbonyl (C=O) groups is 1. The molecule has 1 amide bonds. The summed E-state index contributed by atoms with van der Waals surface area (Å²) in [6, 6.07) is 2.06. The van der Waals surface area contributed by atoms with Crippen molar-refractivity contribution in [1.29, 1.82) is 0 Å². The van der Waals surface area contributed by atoms with Crippen molar-refractivity contribution in [3.8, 4) is 0 Å². The zero-order chi connectivity index (χ0) is 18.6. The van der Waals surface area contributed by atoms with Crippen molar-refractivity contribution < 1.29 is 4.79 Å². The van der Waals surface area contributed by atoms with Gasteiger partial charge in [-0.2, -0.15) is 5.10 Å². The van der Waals surface area contributed by atoms with E-state index in [1.54, 1.807) is 21.6 Å². The number of nitrogens with zero attached hydrogens (tertiary/aromatic N) is 4. The molecule has 1 atom stereocenters. The van der Waals surface area contributed by atoms with Crippen molar-refractivity contribution in [2.45, 2.75) is 51.1 Å². The predicted molar refractivity (Wildman–Crippen MR) is 104 cm³/mol. The Hall–Kier alpha value is -2.06. The average Bonchev–Trinajstić information content (AvgIpc) is 3.36. The van der Waals surface area contributed by atoms with Crippen LogP contribution in [-0.4, -0.2) is 51.2 Å². The number of amides is 1. The van der Waals surface area contributed by atoms with E-state index in [0.29, 0.717) is 24.8 Å². The monoisotopic (exact) mass is 387 g/mol. The Balaban J connectivity index is 1.35. The number of fused-ring (bicyclic) bond motifs is 1. The van der Waals surface area contributed by atoms with E-state index in [-0.39, 0.29) is 11.5 Å². The molecule has 1 aliphatic heterocycles. The summed E-state index contributed by atoms with van der Waals surface area (Å²) >= 11 is 1.42. The smallest absolute Gasteiger partial charge is 0.270 e. The third-order valence-corrected chi connectivity index (χ3v) is 6.12. The maximum Gasteiger partial charge on any atom is 0.270 e. The van der Waals surface area contributed by atoms with E-state index in [4.69, 9.17) is 0 Å². The zero-order valence-electron chi connectivity index (χ0n) is 15.4. The Bertz CT molecular complexity index is 848. The highest BCUT2D eigenvalue weighted by Crippen LogP contribution is 2.18. The molecule has 7 nitrogen and oxygen atoms in total. The van der Waals surface area contributed by atoms with Crippen LogP contribution in [0, 0.1) is 0 Å². The Morgan fingerprint density at radius 1 is 1.26 bits per heavy atom. The molecular weight excluding hydrogens is 362 g/mol. The van der Waals surface area contributed by atoms with Crippen LogP contribution in [0.1, 0.15) is 47.4 Å². The molecule has 0 aromatic carbocycles. The molecule has 4 rings (SSSR count). The van der Waals surface area contributed by atoms with Crippen LogP contribution in [0.2, 0.25) is 0 Å². The predicted octanol–water partition coefficient (Wildman–Crippen LogP) is 1.47. The Labute approximate surface area is 162 Å². The first-order valence-corrected chi connectivity index (χ1v) is 10.7. The van der Waals surface area contributed by atoms with Gasteiger partial charge >= 0.3 is 0 Å². The van der Waals surface area contributed by atoms with Crippen molar-refractivity contribution >= 4 is 17.2 Å². The fraction of sp³-hybridized carbons (Fsp3) is 0.579. The summed E-state index contributed by atoms with van der Waals surface area (Å²) in [5.74, 6) is -0.113. The van der Waals surface area contributed by atoms with Gasteiger partial charge in [-0.15, -0.1) is 11.3 Å². The molecule has 0 saturated carbocycles. The number of hydrogen-bond donors (Lipinski definition) is 1. The van der Waals surface area contributed by atoms with Gasteiger partial charge in [-0.1, -0.05) is 6.42 Å². The lowest BCUT2D eigenvalue weighted by molar-refractivity contribution is 0.0905. The molecule has 27 heavy (non-hydrogen) atoms. The molecule has 1 unspecified atom stereocenters. The van der Waals surface area contributed by atoms with Crippen molar-refractivity contribution in [2.75, 3.05) is 19.6 Å².